The van der Waals surface area contributed by atoms with Crippen molar-refractivity contribution < 1.29 is 17.9 Å². The fourth-order valence-corrected chi connectivity index (χ4v) is 6.33. The monoisotopic (exact) mass is 496 g/mol. The molecule has 0 aliphatic carbocycles. The second kappa shape index (κ2) is 10.0. The van der Waals surface area contributed by atoms with E-state index in [0.717, 1.165) is 93.6 Å². The summed E-state index contributed by atoms with van der Waals surface area (Å²) in [6.07, 6.45) is 1.13. The quantitative estimate of drug-likeness (QED) is 0.427. The van der Waals surface area contributed by atoms with Crippen LogP contribution in [0.5, 0.6) is 0 Å². The van der Waals surface area contributed by atoms with Gasteiger partial charge in [0.25, 0.3) is 0 Å². The molecule has 5 heterocycles. The van der Waals surface area contributed by atoms with E-state index in [2.05, 4.69) is 36.6 Å². The number of alkyl halides is 3. The van der Waals surface area contributed by atoms with Crippen LogP contribution in [-0.2, 0) is 18.0 Å². The van der Waals surface area contributed by atoms with E-state index in [-0.39, 0.29) is 0 Å². The second-order valence-corrected chi connectivity index (χ2v) is 10.5. The minimum absolute atomic E-state index is 0.354. The van der Waals surface area contributed by atoms with Crippen LogP contribution in [0, 0.1) is 5.92 Å². The first kappa shape index (κ1) is 23.9. The van der Waals surface area contributed by atoms with Gasteiger partial charge in [-0.25, -0.2) is 4.98 Å². The second-order valence-electron chi connectivity index (χ2n) is 9.46. The number of halogens is 3. The van der Waals surface area contributed by atoms with Crippen molar-refractivity contribution in [1.82, 2.24) is 24.6 Å². The first-order chi connectivity index (χ1) is 16.4. The van der Waals surface area contributed by atoms with E-state index in [1.807, 2.05) is 0 Å². The van der Waals surface area contributed by atoms with Gasteiger partial charge in [-0.15, -0.1) is 10.2 Å². The highest BCUT2D eigenvalue weighted by Crippen LogP contribution is 2.36. The summed E-state index contributed by atoms with van der Waals surface area (Å²) >= 11 is 1.76. The van der Waals surface area contributed by atoms with E-state index in [1.165, 1.54) is 6.20 Å². The van der Waals surface area contributed by atoms with Gasteiger partial charge in [-0.3, -0.25) is 0 Å². The Balaban J connectivity index is 1.09. The van der Waals surface area contributed by atoms with Gasteiger partial charge in [-0.05, 0) is 50.3 Å². The summed E-state index contributed by atoms with van der Waals surface area (Å²) in [6, 6.07) is 3.01. The zero-order valence-corrected chi connectivity index (χ0v) is 20.2. The van der Waals surface area contributed by atoms with Crippen molar-refractivity contribution >= 4 is 17.4 Å². The van der Waals surface area contributed by atoms with Gasteiger partial charge < -0.3 is 19.1 Å². The number of fused-ring (bicyclic) bond motifs is 1. The average Bonchev–Trinajstić information content (AvgIpc) is 3.51. The van der Waals surface area contributed by atoms with Gasteiger partial charge >= 0.3 is 6.18 Å². The predicted molar refractivity (Wildman–Crippen MR) is 124 cm³/mol. The number of thioether (sulfide) groups is 1. The van der Waals surface area contributed by atoms with Crippen molar-refractivity contribution in [2.75, 3.05) is 50.0 Å². The zero-order chi connectivity index (χ0) is 23.7. The van der Waals surface area contributed by atoms with Gasteiger partial charge in [-0.2, -0.15) is 13.2 Å². The SMILES string of the molecule is Cn1c(SCCCN2CC3CCN(c4ccc(C(F)(F)F)nc4)C3C2)nnc1C1CCOCC1. The van der Waals surface area contributed by atoms with Crippen LogP contribution in [0.15, 0.2) is 23.5 Å². The summed E-state index contributed by atoms with van der Waals surface area (Å²) in [4.78, 5) is 8.38. The van der Waals surface area contributed by atoms with Crippen molar-refractivity contribution in [1.29, 1.82) is 0 Å². The molecule has 11 heteroatoms. The maximum absolute atomic E-state index is 12.8. The number of hydrogen-bond acceptors (Lipinski definition) is 7. The Hall–Kier alpha value is -1.85. The number of aromatic nitrogens is 4. The topological polar surface area (TPSA) is 59.3 Å². The molecule has 0 saturated carbocycles. The molecule has 5 rings (SSSR count). The van der Waals surface area contributed by atoms with Crippen molar-refractivity contribution in [3.8, 4) is 0 Å². The molecule has 0 bridgehead atoms. The number of pyridine rings is 1. The van der Waals surface area contributed by atoms with Crippen LogP contribution in [0.25, 0.3) is 0 Å². The molecular formula is C23H31F3N6OS. The highest BCUT2D eigenvalue weighted by molar-refractivity contribution is 7.99. The minimum atomic E-state index is -4.40. The van der Waals surface area contributed by atoms with E-state index < -0.39 is 11.9 Å². The lowest BCUT2D eigenvalue weighted by Gasteiger charge is -2.27. The summed E-state index contributed by atoms with van der Waals surface area (Å²) in [7, 11) is 2.06. The molecule has 2 unspecified atom stereocenters. The molecule has 3 saturated heterocycles. The molecule has 0 N–H and O–H groups in total. The van der Waals surface area contributed by atoms with Crippen molar-refractivity contribution in [3.63, 3.8) is 0 Å². The number of ether oxygens (including phenoxy) is 1. The Labute approximate surface area is 202 Å². The third-order valence-electron chi connectivity index (χ3n) is 7.30. The Morgan fingerprint density at radius 3 is 2.68 bits per heavy atom. The lowest BCUT2D eigenvalue weighted by molar-refractivity contribution is -0.141. The number of rotatable bonds is 7. The third kappa shape index (κ3) is 5.06. The van der Waals surface area contributed by atoms with Crippen LogP contribution >= 0.6 is 11.8 Å². The van der Waals surface area contributed by atoms with Gasteiger partial charge in [-0.1, -0.05) is 11.8 Å². The molecule has 7 nitrogen and oxygen atoms in total. The maximum atomic E-state index is 12.8. The fraction of sp³-hybridized carbons (Fsp3) is 0.696. The van der Waals surface area contributed by atoms with Gasteiger partial charge in [0.2, 0.25) is 0 Å². The molecule has 0 radical (unpaired) electrons. The Morgan fingerprint density at radius 1 is 1.12 bits per heavy atom. The summed E-state index contributed by atoms with van der Waals surface area (Å²) in [5, 5.41) is 9.83. The average molecular weight is 497 g/mol. The predicted octanol–water partition coefficient (Wildman–Crippen LogP) is 3.82. The molecule has 2 atom stereocenters. The molecule has 0 spiro atoms. The number of nitrogens with zero attached hydrogens (tertiary/aromatic N) is 6. The lowest BCUT2D eigenvalue weighted by atomic mass is 10.00. The third-order valence-corrected chi connectivity index (χ3v) is 8.40. The van der Waals surface area contributed by atoms with E-state index in [1.54, 1.807) is 17.8 Å². The Bertz CT molecular complexity index is 963. The van der Waals surface area contributed by atoms with Gasteiger partial charge in [0.1, 0.15) is 11.5 Å². The van der Waals surface area contributed by atoms with E-state index >= 15 is 0 Å². The molecule has 0 amide bonds. The molecule has 186 valence electrons. The van der Waals surface area contributed by atoms with Crippen molar-refractivity contribution in [3.05, 3.63) is 29.8 Å². The van der Waals surface area contributed by atoms with Crippen LogP contribution in [0.1, 0.15) is 43.1 Å². The van der Waals surface area contributed by atoms with Crippen molar-refractivity contribution in [2.45, 2.75) is 49.0 Å². The van der Waals surface area contributed by atoms with Crippen LogP contribution in [0.3, 0.4) is 0 Å². The van der Waals surface area contributed by atoms with E-state index in [4.69, 9.17) is 4.74 Å². The smallest absolute Gasteiger partial charge is 0.381 e. The van der Waals surface area contributed by atoms with E-state index in [9.17, 15) is 13.2 Å². The Morgan fingerprint density at radius 2 is 1.94 bits per heavy atom. The number of anilines is 1. The summed E-state index contributed by atoms with van der Waals surface area (Å²) in [5.74, 6) is 3.05. The van der Waals surface area contributed by atoms with Gasteiger partial charge in [0, 0.05) is 57.6 Å². The fourth-order valence-electron chi connectivity index (χ4n) is 5.49. The Kier molecular flexibility index (Phi) is 7.04. The molecule has 2 aromatic heterocycles. The highest BCUT2D eigenvalue weighted by Gasteiger charge is 2.41. The van der Waals surface area contributed by atoms with Crippen molar-refractivity contribution in [2.24, 2.45) is 13.0 Å². The number of hydrogen-bond donors (Lipinski definition) is 0. The molecule has 3 aliphatic heterocycles. The lowest BCUT2D eigenvalue weighted by Crippen LogP contribution is -2.35. The maximum Gasteiger partial charge on any atom is 0.433 e. The van der Waals surface area contributed by atoms with Crippen LogP contribution < -0.4 is 4.90 Å². The molecule has 3 aliphatic rings. The van der Waals surface area contributed by atoms with E-state index in [0.29, 0.717) is 17.9 Å². The minimum Gasteiger partial charge on any atom is -0.381 e. The summed E-state index contributed by atoms with van der Waals surface area (Å²) in [6.45, 7) is 5.50. The summed E-state index contributed by atoms with van der Waals surface area (Å²) in [5.41, 5.74) is -0.0409. The van der Waals surface area contributed by atoms with Gasteiger partial charge in [0.15, 0.2) is 5.16 Å². The molecule has 34 heavy (non-hydrogen) atoms. The highest BCUT2D eigenvalue weighted by atomic mass is 32.2. The summed E-state index contributed by atoms with van der Waals surface area (Å²) < 4.78 is 46.1. The van der Waals surface area contributed by atoms with Crippen LogP contribution in [-0.4, -0.2) is 75.8 Å². The molecular weight excluding hydrogens is 465 g/mol. The number of likely N-dealkylation sites (tertiary alicyclic amines) is 1. The van der Waals surface area contributed by atoms with Crippen LogP contribution in [0.4, 0.5) is 18.9 Å². The molecule has 2 aromatic rings. The van der Waals surface area contributed by atoms with Crippen LogP contribution in [0.2, 0.25) is 0 Å². The molecule has 3 fully saturated rings. The first-order valence-electron chi connectivity index (χ1n) is 12.0. The van der Waals surface area contributed by atoms with Gasteiger partial charge in [0.05, 0.1) is 11.9 Å². The standard InChI is InChI=1S/C23H31F3N6OS/c1-30-21(16-6-10-33-11-7-16)28-29-22(30)34-12-2-8-31-14-17-5-9-32(19(17)15-31)18-3-4-20(27-13-18)23(24,25)26/h3-4,13,16-17,19H,2,5-12,14-15H2,1H3. The first-order valence-corrected chi connectivity index (χ1v) is 13.0. The molecule has 0 aromatic carbocycles. The normalized spacial score (nSPS) is 24.2. The zero-order valence-electron chi connectivity index (χ0n) is 19.4. The largest absolute Gasteiger partial charge is 0.433 e.